The van der Waals surface area contributed by atoms with Crippen molar-refractivity contribution in [2.75, 3.05) is 13.7 Å². The zero-order valence-electron chi connectivity index (χ0n) is 13.0. The van der Waals surface area contributed by atoms with E-state index in [2.05, 4.69) is 44.4 Å². The van der Waals surface area contributed by atoms with E-state index in [4.69, 9.17) is 4.74 Å². The predicted octanol–water partition coefficient (Wildman–Crippen LogP) is 4.20. The highest BCUT2D eigenvalue weighted by molar-refractivity contribution is 5.45. The molecule has 1 aliphatic heterocycles. The Morgan fingerprint density at radius 2 is 2.05 bits per heavy atom. The van der Waals surface area contributed by atoms with Crippen LogP contribution in [0.3, 0.4) is 0 Å². The van der Waals surface area contributed by atoms with Crippen LogP contribution >= 0.6 is 0 Å². The van der Waals surface area contributed by atoms with Crippen molar-refractivity contribution < 1.29 is 4.74 Å². The van der Waals surface area contributed by atoms with Crippen molar-refractivity contribution in [2.24, 2.45) is 5.92 Å². The van der Waals surface area contributed by atoms with Gasteiger partial charge in [-0.3, -0.25) is 0 Å². The van der Waals surface area contributed by atoms with E-state index in [1.54, 1.807) is 0 Å². The van der Waals surface area contributed by atoms with E-state index in [1.165, 1.54) is 43.2 Å². The van der Waals surface area contributed by atoms with Crippen LogP contribution in [0.4, 0.5) is 0 Å². The molecule has 0 saturated heterocycles. The molecule has 1 aliphatic carbocycles. The molecule has 1 heterocycles. The van der Waals surface area contributed by atoms with E-state index in [-0.39, 0.29) is 5.41 Å². The summed E-state index contributed by atoms with van der Waals surface area (Å²) in [5.74, 6) is 1.99. The molecule has 1 atom stereocenters. The van der Waals surface area contributed by atoms with Crippen molar-refractivity contribution in [3.8, 4) is 5.75 Å². The Kier molecular flexibility index (Phi) is 3.76. The highest BCUT2D eigenvalue weighted by atomic mass is 16.5. The summed E-state index contributed by atoms with van der Waals surface area (Å²) in [6, 6.07) is 7.27. The summed E-state index contributed by atoms with van der Waals surface area (Å²) in [6.07, 6.45) is 6.95. The molecule has 0 radical (unpaired) electrons. The third-order valence-electron chi connectivity index (χ3n) is 5.12. The molecule has 0 aromatic heterocycles. The average molecular weight is 273 g/mol. The summed E-state index contributed by atoms with van der Waals surface area (Å²) >= 11 is 0. The first kappa shape index (κ1) is 13.9. The molecule has 20 heavy (non-hydrogen) atoms. The van der Waals surface area contributed by atoms with Gasteiger partial charge in [0.1, 0.15) is 5.75 Å². The Morgan fingerprint density at radius 3 is 2.75 bits per heavy atom. The third-order valence-corrected chi connectivity index (χ3v) is 5.12. The molecule has 1 aromatic carbocycles. The van der Waals surface area contributed by atoms with Crippen molar-refractivity contribution in [2.45, 2.75) is 57.4 Å². The second-order valence-electron chi connectivity index (χ2n) is 7.16. The summed E-state index contributed by atoms with van der Waals surface area (Å²) in [7, 11) is 2.09. The fraction of sp³-hybridized carbons (Fsp3) is 0.667. The van der Waals surface area contributed by atoms with Crippen molar-refractivity contribution in [3.05, 3.63) is 29.3 Å². The lowest BCUT2D eigenvalue weighted by Crippen LogP contribution is -2.21. The third kappa shape index (κ3) is 2.58. The summed E-state index contributed by atoms with van der Waals surface area (Å²) in [5, 5.41) is 3.52. The summed E-state index contributed by atoms with van der Waals surface area (Å²) in [6.45, 7) is 5.35. The Morgan fingerprint density at radius 1 is 1.30 bits per heavy atom. The normalized spacial score (nSPS) is 22.6. The van der Waals surface area contributed by atoms with Gasteiger partial charge in [-0.15, -0.1) is 0 Å². The highest BCUT2D eigenvalue weighted by Crippen LogP contribution is 2.41. The molecule has 1 unspecified atom stereocenters. The second kappa shape index (κ2) is 5.40. The van der Waals surface area contributed by atoms with Gasteiger partial charge < -0.3 is 10.1 Å². The number of hydrogen-bond acceptors (Lipinski definition) is 2. The molecule has 1 saturated carbocycles. The van der Waals surface area contributed by atoms with Crippen LogP contribution in [0.15, 0.2) is 18.2 Å². The van der Waals surface area contributed by atoms with E-state index in [0.29, 0.717) is 6.04 Å². The lowest BCUT2D eigenvalue weighted by atomic mass is 9.84. The Hall–Kier alpha value is -1.02. The van der Waals surface area contributed by atoms with Gasteiger partial charge in [-0.2, -0.15) is 0 Å². The van der Waals surface area contributed by atoms with Crippen LogP contribution < -0.4 is 10.1 Å². The van der Waals surface area contributed by atoms with Gasteiger partial charge in [0.2, 0.25) is 0 Å². The average Bonchev–Trinajstić information content (AvgIpc) is 3.04. The summed E-state index contributed by atoms with van der Waals surface area (Å²) in [5.41, 5.74) is 2.95. The molecule has 1 aromatic rings. The van der Waals surface area contributed by atoms with Gasteiger partial charge in [-0.05, 0) is 37.1 Å². The molecule has 2 heteroatoms. The van der Waals surface area contributed by atoms with Crippen molar-refractivity contribution in [1.82, 2.24) is 5.32 Å². The summed E-state index contributed by atoms with van der Waals surface area (Å²) < 4.78 is 5.80. The lowest BCUT2D eigenvalue weighted by Gasteiger charge is -2.22. The maximum atomic E-state index is 5.80. The smallest absolute Gasteiger partial charge is 0.123 e. The minimum Gasteiger partial charge on any atom is -0.492 e. The van der Waals surface area contributed by atoms with Gasteiger partial charge in [0, 0.05) is 17.0 Å². The molecular formula is C18H27NO. The molecule has 1 N–H and O–H groups in total. The van der Waals surface area contributed by atoms with Crippen LogP contribution in [-0.4, -0.2) is 13.7 Å². The second-order valence-corrected chi connectivity index (χ2v) is 7.16. The van der Waals surface area contributed by atoms with E-state index < -0.39 is 0 Å². The number of ether oxygens (including phenoxy) is 1. The van der Waals surface area contributed by atoms with Crippen molar-refractivity contribution in [1.29, 1.82) is 0 Å². The number of nitrogens with one attached hydrogen (secondary N) is 1. The molecule has 0 bridgehead atoms. The maximum absolute atomic E-state index is 5.80. The standard InChI is InChI=1S/C18H27NO/c1-18(2)12-20-17-9-8-14(11-15(17)18)16(19-3)10-13-6-4-5-7-13/h8-9,11,13,16,19H,4-7,10,12H2,1-3H3. The monoisotopic (exact) mass is 273 g/mol. The zero-order valence-corrected chi connectivity index (χ0v) is 13.0. The van der Waals surface area contributed by atoms with Crippen LogP contribution in [-0.2, 0) is 5.41 Å². The van der Waals surface area contributed by atoms with Crippen LogP contribution in [0.2, 0.25) is 0 Å². The van der Waals surface area contributed by atoms with Crippen molar-refractivity contribution >= 4 is 0 Å². The van der Waals surface area contributed by atoms with Gasteiger partial charge in [0.05, 0.1) is 6.61 Å². The van der Waals surface area contributed by atoms with Crippen LogP contribution in [0, 0.1) is 5.92 Å². The minimum absolute atomic E-state index is 0.150. The number of rotatable bonds is 4. The van der Waals surface area contributed by atoms with Gasteiger partial charge >= 0.3 is 0 Å². The Balaban J connectivity index is 1.81. The van der Waals surface area contributed by atoms with Gasteiger partial charge in [0.25, 0.3) is 0 Å². The minimum atomic E-state index is 0.150. The maximum Gasteiger partial charge on any atom is 0.123 e. The quantitative estimate of drug-likeness (QED) is 0.888. The Bertz CT molecular complexity index is 474. The molecule has 3 rings (SSSR count). The molecule has 0 amide bonds. The first-order valence-corrected chi connectivity index (χ1v) is 8.04. The predicted molar refractivity (Wildman–Crippen MR) is 83.3 cm³/mol. The van der Waals surface area contributed by atoms with Gasteiger partial charge in [-0.1, -0.05) is 45.6 Å². The number of hydrogen-bond donors (Lipinski definition) is 1. The van der Waals surface area contributed by atoms with Crippen LogP contribution in [0.25, 0.3) is 0 Å². The van der Waals surface area contributed by atoms with E-state index >= 15 is 0 Å². The summed E-state index contributed by atoms with van der Waals surface area (Å²) in [4.78, 5) is 0. The van der Waals surface area contributed by atoms with Crippen LogP contribution in [0.5, 0.6) is 5.75 Å². The lowest BCUT2D eigenvalue weighted by molar-refractivity contribution is 0.291. The fourth-order valence-corrected chi connectivity index (χ4v) is 3.76. The topological polar surface area (TPSA) is 21.3 Å². The molecule has 2 aliphatic rings. The van der Waals surface area contributed by atoms with E-state index in [1.807, 2.05) is 0 Å². The number of benzene rings is 1. The molecule has 0 spiro atoms. The first-order chi connectivity index (χ1) is 9.60. The molecule has 110 valence electrons. The molecular weight excluding hydrogens is 246 g/mol. The highest BCUT2D eigenvalue weighted by Gasteiger charge is 2.32. The Labute approximate surface area is 122 Å². The SMILES string of the molecule is CNC(CC1CCCC1)c1ccc2c(c1)C(C)(C)CO2. The number of fused-ring (bicyclic) bond motifs is 1. The van der Waals surface area contributed by atoms with Gasteiger partial charge in [-0.25, -0.2) is 0 Å². The van der Waals surface area contributed by atoms with Gasteiger partial charge in [0.15, 0.2) is 0 Å². The molecule has 2 nitrogen and oxygen atoms in total. The largest absolute Gasteiger partial charge is 0.492 e. The van der Waals surface area contributed by atoms with E-state index in [0.717, 1.165) is 18.3 Å². The zero-order chi connectivity index (χ0) is 14.2. The first-order valence-electron chi connectivity index (χ1n) is 8.04. The fourth-order valence-electron chi connectivity index (χ4n) is 3.76. The van der Waals surface area contributed by atoms with E-state index in [9.17, 15) is 0 Å². The van der Waals surface area contributed by atoms with Crippen LogP contribution in [0.1, 0.15) is 63.1 Å². The molecule has 1 fully saturated rings. The van der Waals surface area contributed by atoms with Crippen molar-refractivity contribution in [3.63, 3.8) is 0 Å².